The summed E-state index contributed by atoms with van der Waals surface area (Å²) in [6.45, 7) is 7.40. The standard InChI is InChI=1S/C40H50N6O2S/c1-3-4-5-6-7-8-9-10-11-12-13-14-15-16-17-18-19-20-21-22-37(47)45-40-42-33(2)38(49-40)36-27-28-41-39(44-36)43-34-23-25-35(26-24-34)46-29-31-48-32-30-46/h4-5,7-8,10-11,13-14,16-17,19-20,23-28H,3,6,9,12,15,18,21-22,29-32H2,1-2H3,(H,41,43,44)(H,42,45,47). The number of aromatic nitrogens is 3. The Morgan fingerprint density at radius 2 is 1.41 bits per heavy atom. The molecule has 1 saturated heterocycles. The summed E-state index contributed by atoms with van der Waals surface area (Å²) in [6.07, 6.45) is 34.8. The third-order valence-corrected chi connectivity index (χ3v) is 8.66. The first kappa shape index (κ1) is 37.2. The Morgan fingerprint density at radius 1 is 0.816 bits per heavy atom. The molecule has 258 valence electrons. The molecular weight excluding hydrogens is 629 g/mol. The number of amides is 1. The van der Waals surface area contributed by atoms with Crippen LogP contribution >= 0.6 is 11.3 Å². The van der Waals surface area contributed by atoms with E-state index in [1.54, 1.807) is 6.20 Å². The van der Waals surface area contributed by atoms with Crippen molar-refractivity contribution in [3.63, 3.8) is 0 Å². The molecule has 0 bridgehead atoms. The third-order valence-electron chi connectivity index (χ3n) is 7.57. The first-order chi connectivity index (χ1) is 24.1. The van der Waals surface area contributed by atoms with Crippen LogP contribution in [0.5, 0.6) is 0 Å². The summed E-state index contributed by atoms with van der Waals surface area (Å²) < 4.78 is 5.45. The van der Waals surface area contributed by atoms with Gasteiger partial charge in [0.2, 0.25) is 11.9 Å². The van der Waals surface area contributed by atoms with Gasteiger partial charge >= 0.3 is 0 Å². The first-order valence-corrected chi connectivity index (χ1v) is 18.1. The van der Waals surface area contributed by atoms with E-state index < -0.39 is 0 Å². The van der Waals surface area contributed by atoms with Gasteiger partial charge in [-0.2, -0.15) is 0 Å². The highest BCUT2D eigenvalue weighted by Crippen LogP contribution is 2.32. The zero-order chi connectivity index (χ0) is 34.4. The van der Waals surface area contributed by atoms with E-state index in [9.17, 15) is 4.79 Å². The molecule has 2 aromatic heterocycles. The lowest BCUT2D eigenvalue weighted by Gasteiger charge is -2.28. The maximum absolute atomic E-state index is 12.6. The molecule has 3 aromatic rings. The highest BCUT2D eigenvalue weighted by atomic mass is 32.1. The van der Waals surface area contributed by atoms with Crippen LogP contribution < -0.4 is 15.5 Å². The largest absolute Gasteiger partial charge is 0.378 e. The Morgan fingerprint density at radius 3 is 2.02 bits per heavy atom. The molecule has 1 aliphatic heterocycles. The Bertz CT molecular complexity index is 1600. The van der Waals surface area contributed by atoms with Crippen LogP contribution in [0.15, 0.2) is 109 Å². The van der Waals surface area contributed by atoms with E-state index in [0.717, 1.165) is 86.8 Å². The molecule has 2 N–H and O–H groups in total. The highest BCUT2D eigenvalue weighted by molar-refractivity contribution is 7.19. The molecule has 0 aliphatic carbocycles. The molecule has 9 heteroatoms. The maximum Gasteiger partial charge on any atom is 0.227 e. The highest BCUT2D eigenvalue weighted by Gasteiger charge is 2.14. The van der Waals surface area contributed by atoms with E-state index >= 15 is 0 Å². The van der Waals surface area contributed by atoms with Crippen LogP contribution in [0.2, 0.25) is 0 Å². The number of carbonyl (C=O) groups excluding carboxylic acids is 1. The molecule has 49 heavy (non-hydrogen) atoms. The summed E-state index contributed by atoms with van der Waals surface area (Å²) in [7, 11) is 0. The fraction of sp³-hybridized carbons (Fsp3) is 0.350. The summed E-state index contributed by atoms with van der Waals surface area (Å²) in [5.41, 5.74) is 3.67. The second-order valence-corrected chi connectivity index (χ2v) is 12.5. The quantitative estimate of drug-likeness (QED) is 0.122. The van der Waals surface area contributed by atoms with E-state index in [1.165, 1.54) is 17.0 Å². The molecule has 0 saturated carbocycles. The number of rotatable bonds is 19. The summed E-state index contributed by atoms with van der Waals surface area (Å²) in [5, 5.41) is 6.83. The number of anilines is 4. The number of allylic oxidation sites excluding steroid dienone is 12. The number of thiazole rings is 1. The lowest BCUT2D eigenvalue weighted by atomic mass is 10.2. The van der Waals surface area contributed by atoms with E-state index in [4.69, 9.17) is 9.72 Å². The molecule has 0 radical (unpaired) electrons. The van der Waals surface area contributed by atoms with Crippen LogP contribution in [0.1, 0.15) is 64.0 Å². The number of morpholine rings is 1. The van der Waals surface area contributed by atoms with Gasteiger partial charge in [-0.05, 0) is 82.2 Å². The molecule has 0 spiro atoms. The number of ether oxygens (including phenoxy) is 1. The number of hydrogen-bond acceptors (Lipinski definition) is 8. The van der Waals surface area contributed by atoms with Gasteiger partial charge in [0.25, 0.3) is 0 Å². The Kier molecular flexibility index (Phi) is 16.8. The van der Waals surface area contributed by atoms with Gasteiger partial charge in [0.15, 0.2) is 5.13 Å². The van der Waals surface area contributed by atoms with Gasteiger partial charge in [0.05, 0.1) is 29.5 Å². The van der Waals surface area contributed by atoms with Gasteiger partial charge in [-0.1, -0.05) is 91.2 Å². The number of benzene rings is 1. The van der Waals surface area contributed by atoms with Gasteiger partial charge < -0.3 is 20.3 Å². The predicted molar refractivity (Wildman–Crippen MR) is 207 cm³/mol. The van der Waals surface area contributed by atoms with Crippen molar-refractivity contribution in [2.75, 3.05) is 41.8 Å². The van der Waals surface area contributed by atoms with Crippen LogP contribution in [0.25, 0.3) is 10.6 Å². The predicted octanol–water partition coefficient (Wildman–Crippen LogP) is 9.91. The lowest BCUT2D eigenvalue weighted by molar-refractivity contribution is -0.116. The molecular formula is C40H50N6O2S. The van der Waals surface area contributed by atoms with Crippen molar-refractivity contribution in [2.45, 2.75) is 65.2 Å². The summed E-state index contributed by atoms with van der Waals surface area (Å²) >= 11 is 1.42. The SMILES string of the molecule is CCC=CCC=CCC=CCC=CCC=CCC=CCCC(=O)Nc1nc(C)c(-c2ccnc(Nc3ccc(N4CCOCC4)cc3)n2)s1. The smallest absolute Gasteiger partial charge is 0.227 e. The number of aryl methyl sites for hydroxylation is 1. The van der Waals surface area contributed by atoms with Gasteiger partial charge in [0.1, 0.15) is 0 Å². The van der Waals surface area contributed by atoms with E-state index in [1.807, 2.05) is 25.1 Å². The van der Waals surface area contributed by atoms with Gasteiger partial charge in [-0.3, -0.25) is 4.79 Å². The Balaban J connectivity index is 1.12. The fourth-order valence-corrected chi connectivity index (χ4v) is 5.93. The molecule has 1 aliphatic rings. The van der Waals surface area contributed by atoms with E-state index in [2.05, 4.69) is 117 Å². The zero-order valence-electron chi connectivity index (χ0n) is 28.9. The van der Waals surface area contributed by atoms with E-state index in [-0.39, 0.29) is 5.91 Å². The van der Waals surface area contributed by atoms with Crippen LogP contribution in [0, 0.1) is 6.92 Å². The summed E-state index contributed by atoms with van der Waals surface area (Å²) in [4.78, 5) is 29.5. The fourth-order valence-electron chi connectivity index (χ4n) is 4.97. The number of carbonyl (C=O) groups is 1. The second-order valence-electron chi connectivity index (χ2n) is 11.5. The molecule has 4 rings (SSSR count). The van der Waals surface area contributed by atoms with E-state index in [0.29, 0.717) is 23.9 Å². The maximum atomic E-state index is 12.6. The lowest BCUT2D eigenvalue weighted by Crippen LogP contribution is -2.36. The normalized spacial score (nSPS) is 14.1. The second kappa shape index (κ2) is 22.1. The monoisotopic (exact) mass is 678 g/mol. The number of nitrogens with one attached hydrogen (secondary N) is 2. The van der Waals surface area contributed by atoms with Crippen molar-refractivity contribution in [3.8, 4) is 10.6 Å². The van der Waals surface area contributed by atoms with Crippen LogP contribution in [0.3, 0.4) is 0 Å². The first-order valence-electron chi connectivity index (χ1n) is 17.3. The van der Waals surface area contributed by atoms with Crippen molar-refractivity contribution >= 4 is 39.7 Å². The van der Waals surface area contributed by atoms with Crippen molar-refractivity contribution in [1.29, 1.82) is 0 Å². The average molecular weight is 679 g/mol. The molecule has 1 fully saturated rings. The number of nitrogens with zero attached hydrogens (tertiary/aromatic N) is 4. The number of hydrogen-bond donors (Lipinski definition) is 2. The topological polar surface area (TPSA) is 92.3 Å². The molecule has 1 aromatic carbocycles. The average Bonchev–Trinajstić information content (AvgIpc) is 3.49. The molecule has 0 atom stereocenters. The summed E-state index contributed by atoms with van der Waals surface area (Å²) in [5.74, 6) is 0.455. The molecule has 0 unspecified atom stereocenters. The van der Waals surface area contributed by atoms with Crippen molar-refractivity contribution in [3.05, 3.63) is 115 Å². The van der Waals surface area contributed by atoms with Crippen LogP contribution in [0.4, 0.5) is 22.5 Å². The molecule has 1 amide bonds. The third kappa shape index (κ3) is 14.2. The summed E-state index contributed by atoms with van der Waals surface area (Å²) in [6, 6.07) is 10.1. The zero-order valence-corrected chi connectivity index (χ0v) is 29.7. The van der Waals surface area contributed by atoms with Crippen LogP contribution in [-0.4, -0.2) is 47.2 Å². The van der Waals surface area contributed by atoms with Gasteiger partial charge in [-0.25, -0.2) is 15.0 Å². The molecule has 8 nitrogen and oxygen atoms in total. The Labute approximate surface area is 296 Å². The van der Waals surface area contributed by atoms with Gasteiger partial charge in [-0.15, -0.1) is 0 Å². The molecule has 3 heterocycles. The van der Waals surface area contributed by atoms with Crippen LogP contribution in [-0.2, 0) is 9.53 Å². The van der Waals surface area contributed by atoms with Gasteiger partial charge in [0, 0.05) is 37.1 Å². The minimum absolute atomic E-state index is 0.0506. The minimum Gasteiger partial charge on any atom is -0.378 e. The van der Waals surface area contributed by atoms with Crippen molar-refractivity contribution in [2.24, 2.45) is 0 Å². The Hall–Kier alpha value is -4.60. The van der Waals surface area contributed by atoms with Crippen molar-refractivity contribution < 1.29 is 9.53 Å². The van der Waals surface area contributed by atoms with Crippen molar-refractivity contribution in [1.82, 2.24) is 15.0 Å². The minimum atomic E-state index is -0.0506.